The summed E-state index contributed by atoms with van der Waals surface area (Å²) in [6.07, 6.45) is 1.85. The molecule has 0 radical (unpaired) electrons. The Morgan fingerprint density at radius 1 is 1.14 bits per heavy atom. The Bertz CT molecular complexity index is 1060. The van der Waals surface area contributed by atoms with E-state index in [1.54, 1.807) is 0 Å². The summed E-state index contributed by atoms with van der Waals surface area (Å²) in [4.78, 5) is 6.89. The number of nitrogens with one attached hydrogen (secondary N) is 1. The Balaban J connectivity index is 1.89. The third-order valence-electron chi connectivity index (χ3n) is 5.77. The number of aryl methyl sites for hydroxylation is 2. The lowest BCUT2D eigenvalue weighted by Gasteiger charge is -2.28. The van der Waals surface area contributed by atoms with Crippen molar-refractivity contribution in [2.24, 2.45) is 0 Å². The summed E-state index contributed by atoms with van der Waals surface area (Å²) < 4.78 is 3.46. The second kappa shape index (κ2) is 7.92. The van der Waals surface area contributed by atoms with Crippen molar-refractivity contribution in [1.82, 2.24) is 14.9 Å². The lowest BCUT2D eigenvalue weighted by molar-refractivity contribution is 0.563. The number of nitrogens with zero attached hydrogens (tertiary/aromatic N) is 3. The Hall–Kier alpha value is -2.18. The van der Waals surface area contributed by atoms with E-state index in [9.17, 15) is 0 Å². The number of rotatable bonds is 4. The summed E-state index contributed by atoms with van der Waals surface area (Å²) in [6, 6.07) is 14.8. The molecule has 1 aliphatic rings. The number of thiocarbonyl (C=S) groups is 1. The van der Waals surface area contributed by atoms with Gasteiger partial charge in [0.25, 0.3) is 0 Å². The molecule has 3 heterocycles. The Morgan fingerprint density at radius 2 is 1.93 bits per heavy atom. The minimum absolute atomic E-state index is 0.0153. The third kappa shape index (κ3) is 3.49. The maximum Gasteiger partial charge on any atom is 0.174 e. The molecule has 29 heavy (non-hydrogen) atoms. The topological polar surface area (TPSA) is 33.1 Å². The Labute approximate surface area is 186 Å². The van der Waals surface area contributed by atoms with E-state index in [0.717, 1.165) is 27.5 Å². The van der Waals surface area contributed by atoms with Crippen molar-refractivity contribution in [2.75, 3.05) is 4.90 Å². The highest BCUT2D eigenvalue weighted by Gasteiger charge is 2.42. The van der Waals surface area contributed by atoms with E-state index in [-0.39, 0.29) is 12.1 Å². The largest absolute Gasteiger partial charge is 0.351 e. The average Bonchev–Trinajstić information content (AvgIpc) is 3.20. The molecule has 1 aliphatic heterocycles. The van der Waals surface area contributed by atoms with Gasteiger partial charge >= 0.3 is 0 Å². The quantitative estimate of drug-likeness (QED) is 0.492. The van der Waals surface area contributed by atoms with E-state index in [0.29, 0.717) is 0 Å². The van der Waals surface area contributed by atoms with Crippen LogP contribution in [0.15, 0.2) is 53.1 Å². The van der Waals surface area contributed by atoms with Gasteiger partial charge in [0.05, 0.1) is 17.8 Å². The van der Waals surface area contributed by atoms with Crippen LogP contribution in [0.25, 0.3) is 0 Å². The van der Waals surface area contributed by atoms with E-state index < -0.39 is 0 Å². The van der Waals surface area contributed by atoms with Gasteiger partial charge < -0.3 is 14.8 Å². The molecule has 1 N–H and O–H groups in total. The molecule has 6 heteroatoms. The molecule has 3 aromatic rings. The fourth-order valence-electron chi connectivity index (χ4n) is 4.34. The van der Waals surface area contributed by atoms with Gasteiger partial charge in [0, 0.05) is 34.3 Å². The van der Waals surface area contributed by atoms with Gasteiger partial charge in [0.2, 0.25) is 0 Å². The van der Waals surface area contributed by atoms with Crippen LogP contribution < -0.4 is 10.2 Å². The van der Waals surface area contributed by atoms with Crippen LogP contribution in [0.3, 0.4) is 0 Å². The molecule has 150 valence electrons. The zero-order valence-corrected chi connectivity index (χ0v) is 19.5. The van der Waals surface area contributed by atoms with Crippen molar-refractivity contribution in [1.29, 1.82) is 0 Å². The summed E-state index contributed by atoms with van der Waals surface area (Å²) >= 11 is 9.45. The lowest BCUT2D eigenvalue weighted by Crippen LogP contribution is -2.29. The van der Waals surface area contributed by atoms with Gasteiger partial charge in [0.1, 0.15) is 0 Å². The summed E-state index contributed by atoms with van der Waals surface area (Å²) in [5.74, 6) is 0. The van der Waals surface area contributed by atoms with Gasteiger partial charge in [-0.1, -0.05) is 22.0 Å². The van der Waals surface area contributed by atoms with E-state index in [4.69, 9.17) is 12.2 Å². The van der Waals surface area contributed by atoms with Crippen molar-refractivity contribution in [3.05, 3.63) is 81.3 Å². The molecule has 1 fully saturated rings. The molecule has 0 saturated carbocycles. The zero-order chi connectivity index (χ0) is 20.7. The standard InChI is InChI=1S/C23H25BrN4S/c1-5-27-15(3)13-18(16(27)4)22-21(20-8-6-7-11-25-20)26-23(29)28(22)17-9-10-19(24)14(2)12-17/h6-13,21-22H,5H2,1-4H3,(H,26,29)/t21-,22-/m1/s1. The second-order valence-electron chi connectivity index (χ2n) is 7.50. The van der Waals surface area contributed by atoms with E-state index in [1.165, 1.54) is 22.5 Å². The highest BCUT2D eigenvalue weighted by atomic mass is 79.9. The smallest absolute Gasteiger partial charge is 0.174 e. The average molecular weight is 469 g/mol. The van der Waals surface area contributed by atoms with Gasteiger partial charge in [-0.15, -0.1) is 0 Å². The van der Waals surface area contributed by atoms with Gasteiger partial charge in [-0.25, -0.2) is 0 Å². The number of halogens is 1. The first-order valence-corrected chi connectivity index (χ1v) is 11.1. The summed E-state index contributed by atoms with van der Waals surface area (Å²) in [5, 5.41) is 4.28. The first kappa shape index (κ1) is 20.1. The third-order valence-corrected chi connectivity index (χ3v) is 6.97. The molecular formula is C23H25BrN4S. The van der Waals surface area contributed by atoms with Crippen molar-refractivity contribution < 1.29 is 0 Å². The first-order valence-electron chi connectivity index (χ1n) is 9.85. The summed E-state index contributed by atoms with van der Waals surface area (Å²) in [7, 11) is 0. The van der Waals surface area contributed by atoms with E-state index in [2.05, 4.69) is 93.7 Å². The Morgan fingerprint density at radius 3 is 2.55 bits per heavy atom. The monoisotopic (exact) mass is 468 g/mol. The van der Waals surface area contributed by atoms with Gasteiger partial charge in [-0.2, -0.15) is 0 Å². The summed E-state index contributed by atoms with van der Waals surface area (Å²) in [6.45, 7) is 9.62. The molecule has 1 aromatic carbocycles. The van der Waals surface area contributed by atoms with Gasteiger partial charge in [0.15, 0.2) is 5.11 Å². The number of benzene rings is 1. The van der Waals surface area contributed by atoms with Crippen LogP contribution >= 0.6 is 28.1 Å². The van der Waals surface area contributed by atoms with E-state index >= 15 is 0 Å². The molecule has 0 unspecified atom stereocenters. The molecule has 0 aliphatic carbocycles. The van der Waals surface area contributed by atoms with E-state index in [1.807, 2.05) is 18.3 Å². The van der Waals surface area contributed by atoms with Crippen molar-refractivity contribution >= 4 is 38.9 Å². The maximum absolute atomic E-state index is 5.83. The molecular weight excluding hydrogens is 444 g/mol. The fourth-order valence-corrected chi connectivity index (χ4v) is 4.93. The molecule has 0 amide bonds. The molecule has 0 spiro atoms. The van der Waals surface area contributed by atoms with Gasteiger partial charge in [-0.05, 0) is 87.4 Å². The SMILES string of the molecule is CCn1c(C)cc([C@@H]2[C@@H](c3ccccn3)NC(=S)N2c2ccc(Br)c(C)c2)c1C. The van der Waals surface area contributed by atoms with Crippen LogP contribution in [0.4, 0.5) is 5.69 Å². The number of anilines is 1. The lowest BCUT2D eigenvalue weighted by atomic mass is 9.96. The van der Waals surface area contributed by atoms with Crippen molar-refractivity contribution in [3.63, 3.8) is 0 Å². The fraction of sp³-hybridized carbons (Fsp3) is 0.304. The second-order valence-corrected chi connectivity index (χ2v) is 8.74. The van der Waals surface area contributed by atoms with Crippen LogP contribution in [0, 0.1) is 20.8 Å². The summed E-state index contributed by atoms with van der Waals surface area (Å²) in [5.41, 5.74) is 7.11. The number of aromatic nitrogens is 2. The molecule has 2 aromatic heterocycles. The molecule has 0 bridgehead atoms. The van der Waals surface area contributed by atoms with Crippen LogP contribution in [0.2, 0.25) is 0 Å². The Kier molecular flexibility index (Phi) is 5.49. The highest BCUT2D eigenvalue weighted by molar-refractivity contribution is 9.10. The van der Waals surface area contributed by atoms with Crippen LogP contribution in [0.5, 0.6) is 0 Å². The molecule has 4 nitrogen and oxygen atoms in total. The maximum atomic E-state index is 5.83. The highest BCUT2D eigenvalue weighted by Crippen LogP contribution is 2.43. The molecule has 4 rings (SSSR count). The number of hydrogen-bond donors (Lipinski definition) is 1. The number of hydrogen-bond acceptors (Lipinski definition) is 2. The van der Waals surface area contributed by atoms with Crippen LogP contribution in [-0.2, 0) is 6.54 Å². The van der Waals surface area contributed by atoms with Gasteiger partial charge in [-0.3, -0.25) is 4.98 Å². The minimum Gasteiger partial charge on any atom is -0.351 e. The predicted molar refractivity (Wildman–Crippen MR) is 126 cm³/mol. The molecule has 1 saturated heterocycles. The molecule has 2 atom stereocenters. The van der Waals surface area contributed by atoms with Crippen LogP contribution in [-0.4, -0.2) is 14.7 Å². The predicted octanol–water partition coefficient (Wildman–Crippen LogP) is 5.77. The van der Waals surface area contributed by atoms with Crippen molar-refractivity contribution in [2.45, 2.75) is 46.3 Å². The first-order chi connectivity index (χ1) is 13.9. The zero-order valence-electron chi connectivity index (χ0n) is 17.1. The minimum atomic E-state index is -0.0153. The normalized spacial score (nSPS) is 18.9. The van der Waals surface area contributed by atoms with Crippen molar-refractivity contribution in [3.8, 4) is 0 Å². The number of pyridine rings is 1. The van der Waals surface area contributed by atoms with Crippen LogP contribution in [0.1, 0.15) is 47.2 Å².